The van der Waals surface area contributed by atoms with Crippen LogP contribution in [0.2, 0.25) is 5.02 Å². The SMILES string of the molecule is CNS(=O)(=O)c1cc(C(=O)N(C)Cc2c(F)cccc2Cl)cc(C)c1C. The lowest BCUT2D eigenvalue weighted by Crippen LogP contribution is -2.28. The topological polar surface area (TPSA) is 66.5 Å². The van der Waals surface area contributed by atoms with Crippen molar-refractivity contribution >= 4 is 27.5 Å². The molecule has 0 radical (unpaired) electrons. The van der Waals surface area contributed by atoms with Gasteiger partial charge in [0.1, 0.15) is 5.82 Å². The first-order chi connectivity index (χ1) is 12.1. The summed E-state index contributed by atoms with van der Waals surface area (Å²) < 4.78 is 40.6. The average molecular weight is 399 g/mol. The number of aryl methyl sites for hydroxylation is 1. The van der Waals surface area contributed by atoms with Crippen molar-refractivity contribution in [2.75, 3.05) is 14.1 Å². The van der Waals surface area contributed by atoms with Gasteiger partial charge in [-0.05, 0) is 56.3 Å². The van der Waals surface area contributed by atoms with E-state index in [9.17, 15) is 17.6 Å². The monoisotopic (exact) mass is 398 g/mol. The van der Waals surface area contributed by atoms with E-state index in [4.69, 9.17) is 11.6 Å². The number of halogens is 2. The van der Waals surface area contributed by atoms with E-state index in [2.05, 4.69) is 4.72 Å². The van der Waals surface area contributed by atoms with Gasteiger partial charge in [-0.2, -0.15) is 0 Å². The molecule has 5 nitrogen and oxygen atoms in total. The van der Waals surface area contributed by atoms with Crippen molar-refractivity contribution in [3.05, 3.63) is 63.4 Å². The number of hydrogen-bond donors (Lipinski definition) is 1. The Morgan fingerprint density at radius 3 is 2.50 bits per heavy atom. The third-order valence-electron chi connectivity index (χ3n) is 4.23. The van der Waals surface area contributed by atoms with Crippen LogP contribution in [0.4, 0.5) is 4.39 Å². The van der Waals surface area contributed by atoms with Gasteiger partial charge in [0.25, 0.3) is 5.91 Å². The van der Waals surface area contributed by atoms with E-state index in [0.29, 0.717) is 11.1 Å². The number of rotatable bonds is 5. The summed E-state index contributed by atoms with van der Waals surface area (Å²) in [4.78, 5) is 14.1. The van der Waals surface area contributed by atoms with E-state index in [0.717, 1.165) is 0 Å². The van der Waals surface area contributed by atoms with Gasteiger partial charge in [0, 0.05) is 29.7 Å². The van der Waals surface area contributed by atoms with Gasteiger partial charge in [-0.3, -0.25) is 4.79 Å². The zero-order chi connectivity index (χ0) is 19.6. The van der Waals surface area contributed by atoms with E-state index >= 15 is 0 Å². The molecular weight excluding hydrogens is 379 g/mol. The third-order valence-corrected chi connectivity index (χ3v) is 6.12. The summed E-state index contributed by atoms with van der Waals surface area (Å²) in [5.74, 6) is -0.935. The van der Waals surface area contributed by atoms with E-state index in [1.807, 2.05) is 0 Å². The summed E-state index contributed by atoms with van der Waals surface area (Å²) in [5, 5.41) is 0.225. The van der Waals surface area contributed by atoms with Crippen molar-refractivity contribution in [2.45, 2.75) is 25.3 Å². The fourth-order valence-corrected chi connectivity index (χ4v) is 3.84. The van der Waals surface area contributed by atoms with E-state index in [1.54, 1.807) is 26.0 Å². The largest absolute Gasteiger partial charge is 0.337 e. The molecule has 0 saturated heterocycles. The van der Waals surface area contributed by atoms with Crippen LogP contribution in [0.3, 0.4) is 0 Å². The van der Waals surface area contributed by atoms with Crippen molar-refractivity contribution in [3.63, 3.8) is 0 Å². The van der Waals surface area contributed by atoms with E-state index < -0.39 is 21.7 Å². The zero-order valence-electron chi connectivity index (χ0n) is 14.9. The molecule has 0 spiro atoms. The number of hydrogen-bond acceptors (Lipinski definition) is 3. The average Bonchev–Trinajstić information content (AvgIpc) is 2.59. The highest BCUT2D eigenvalue weighted by Gasteiger charge is 2.22. The smallest absolute Gasteiger partial charge is 0.253 e. The standard InChI is InChI=1S/C18H20ClFN2O3S/c1-11-8-13(9-17(12(11)2)26(24,25)21-3)18(23)22(4)10-14-15(19)6-5-7-16(14)20/h5-9,21H,10H2,1-4H3. The number of nitrogens with zero attached hydrogens (tertiary/aromatic N) is 1. The molecule has 26 heavy (non-hydrogen) atoms. The molecule has 0 aliphatic carbocycles. The first kappa shape index (κ1) is 20.4. The minimum Gasteiger partial charge on any atom is -0.337 e. The van der Waals surface area contributed by atoms with Crippen LogP contribution in [0.15, 0.2) is 35.2 Å². The van der Waals surface area contributed by atoms with Gasteiger partial charge < -0.3 is 4.90 Å². The lowest BCUT2D eigenvalue weighted by Gasteiger charge is -2.20. The molecule has 0 aliphatic heterocycles. The molecule has 0 aliphatic rings. The quantitative estimate of drug-likeness (QED) is 0.840. The Labute approximate surface area is 157 Å². The highest BCUT2D eigenvalue weighted by molar-refractivity contribution is 7.89. The number of carbonyl (C=O) groups excluding carboxylic acids is 1. The van der Waals surface area contributed by atoms with Crippen LogP contribution in [0.5, 0.6) is 0 Å². The summed E-state index contributed by atoms with van der Waals surface area (Å²) in [5.41, 5.74) is 1.64. The molecule has 8 heteroatoms. The summed E-state index contributed by atoms with van der Waals surface area (Å²) in [6, 6.07) is 7.25. The van der Waals surface area contributed by atoms with Crippen LogP contribution in [0.25, 0.3) is 0 Å². The highest BCUT2D eigenvalue weighted by Crippen LogP contribution is 2.24. The molecule has 0 atom stereocenters. The van der Waals surface area contributed by atoms with Crippen LogP contribution in [0.1, 0.15) is 27.0 Å². The molecule has 0 aromatic heterocycles. The number of sulfonamides is 1. The summed E-state index contributed by atoms with van der Waals surface area (Å²) in [6.07, 6.45) is 0. The molecule has 2 aromatic carbocycles. The van der Waals surface area contributed by atoms with Gasteiger partial charge in [-0.25, -0.2) is 17.5 Å². The second-order valence-corrected chi connectivity index (χ2v) is 8.25. The Hall–Kier alpha value is -1.96. The lowest BCUT2D eigenvalue weighted by molar-refractivity contribution is 0.0783. The van der Waals surface area contributed by atoms with Crippen molar-refractivity contribution in [2.24, 2.45) is 0 Å². The zero-order valence-corrected chi connectivity index (χ0v) is 16.5. The van der Waals surface area contributed by atoms with Crippen LogP contribution in [-0.4, -0.2) is 33.3 Å². The number of amides is 1. The van der Waals surface area contributed by atoms with Crippen LogP contribution in [0, 0.1) is 19.7 Å². The molecule has 0 saturated carbocycles. The van der Waals surface area contributed by atoms with Gasteiger partial charge in [-0.15, -0.1) is 0 Å². The minimum atomic E-state index is -3.71. The lowest BCUT2D eigenvalue weighted by atomic mass is 10.1. The first-order valence-electron chi connectivity index (χ1n) is 7.81. The Kier molecular flexibility index (Phi) is 6.05. The number of benzene rings is 2. The van der Waals surface area contributed by atoms with E-state index in [1.165, 1.54) is 37.2 Å². The second-order valence-electron chi connectivity index (χ2n) is 5.99. The summed E-state index contributed by atoms with van der Waals surface area (Å²) in [7, 11) is -0.890. The summed E-state index contributed by atoms with van der Waals surface area (Å²) in [6.45, 7) is 3.37. The first-order valence-corrected chi connectivity index (χ1v) is 9.67. The molecular formula is C18H20ClFN2O3S. The normalized spacial score (nSPS) is 11.5. The molecule has 1 N–H and O–H groups in total. The van der Waals surface area contributed by atoms with Crippen molar-refractivity contribution in [1.82, 2.24) is 9.62 Å². The third kappa shape index (κ3) is 4.06. The Balaban J connectivity index is 2.41. The number of nitrogens with one attached hydrogen (secondary N) is 1. The van der Waals surface area contributed by atoms with Crippen molar-refractivity contribution < 1.29 is 17.6 Å². The maximum Gasteiger partial charge on any atom is 0.253 e. The highest BCUT2D eigenvalue weighted by atomic mass is 35.5. The van der Waals surface area contributed by atoms with Gasteiger partial charge in [0.05, 0.1) is 4.90 Å². The van der Waals surface area contributed by atoms with E-state index in [-0.39, 0.29) is 27.6 Å². The molecule has 0 bridgehead atoms. The maximum absolute atomic E-state index is 13.9. The Morgan fingerprint density at radius 1 is 1.27 bits per heavy atom. The van der Waals surface area contributed by atoms with Crippen LogP contribution in [-0.2, 0) is 16.6 Å². The van der Waals surface area contributed by atoms with Crippen molar-refractivity contribution in [1.29, 1.82) is 0 Å². The van der Waals surface area contributed by atoms with Crippen molar-refractivity contribution in [3.8, 4) is 0 Å². The number of carbonyl (C=O) groups is 1. The van der Waals surface area contributed by atoms with Gasteiger partial charge in [0.2, 0.25) is 10.0 Å². The Bertz CT molecular complexity index is 941. The molecule has 1 amide bonds. The molecule has 2 rings (SSSR count). The van der Waals surface area contributed by atoms with Gasteiger partial charge in [-0.1, -0.05) is 17.7 Å². The van der Waals surface area contributed by atoms with Crippen LogP contribution >= 0.6 is 11.6 Å². The molecule has 2 aromatic rings. The predicted molar refractivity (Wildman–Crippen MR) is 99.4 cm³/mol. The van der Waals surface area contributed by atoms with Gasteiger partial charge in [0.15, 0.2) is 0 Å². The summed E-state index contributed by atoms with van der Waals surface area (Å²) >= 11 is 6.01. The molecule has 140 valence electrons. The van der Waals surface area contributed by atoms with Gasteiger partial charge >= 0.3 is 0 Å². The maximum atomic E-state index is 13.9. The predicted octanol–water partition coefficient (Wildman–Crippen LogP) is 3.28. The molecule has 0 unspecified atom stereocenters. The second kappa shape index (κ2) is 7.73. The van der Waals surface area contributed by atoms with Crippen LogP contribution < -0.4 is 4.72 Å². The fourth-order valence-electron chi connectivity index (χ4n) is 2.55. The molecule has 0 fully saturated rings. The Morgan fingerprint density at radius 2 is 1.92 bits per heavy atom. The fraction of sp³-hybridized carbons (Fsp3) is 0.278. The minimum absolute atomic E-state index is 0.0363. The molecule has 0 heterocycles.